The van der Waals surface area contributed by atoms with Gasteiger partial charge in [0.25, 0.3) is 0 Å². The molecule has 99 heavy (non-hydrogen) atoms. The Kier molecular flexibility index (Phi) is 23.9. The largest absolute Gasteiger partial charge is 0.496 e. The second kappa shape index (κ2) is 30.6. The van der Waals surface area contributed by atoms with Crippen molar-refractivity contribution in [1.82, 2.24) is 4.98 Å². The third-order valence-electron chi connectivity index (χ3n) is 18.2. The normalized spacial score (nSPS) is 12.7. The zero-order valence-corrected chi connectivity index (χ0v) is 65.6. The van der Waals surface area contributed by atoms with Crippen LogP contribution in [0.1, 0.15) is 224 Å². The van der Waals surface area contributed by atoms with Crippen molar-refractivity contribution in [3.63, 3.8) is 0 Å². The maximum atomic E-state index is 14.7. The third-order valence-corrected chi connectivity index (χ3v) is 21.6. The maximum absolute atomic E-state index is 14.7. The fourth-order valence-electron chi connectivity index (χ4n) is 13.3. The van der Waals surface area contributed by atoms with E-state index in [0.29, 0.717) is 39.3 Å². The van der Waals surface area contributed by atoms with Gasteiger partial charge in [0.15, 0.2) is 0 Å². The van der Waals surface area contributed by atoms with Gasteiger partial charge in [0.2, 0.25) is 0 Å². The van der Waals surface area contributed by atoms with Crippen LogP contribution >= 0.6 is 34.3 Å². The Hall–Kier alpha value is -7.18. The Morgan fingerprint density at radius 3 is 1.18 bits per heavy atom. The van der Waals surface area contributed by atoms with Crippen molar-refractivity contribution in [2.45, 2.75) is 209 Å². The predicted molar refractivity (Wildman–Crippen MR) is 415 cm³/mol. The van der Waals surface area contributed by atoms with Crippen LogP contribution in [0.5, 0.6) is 23.0 Å². The van der Waals surface area contributed by atoms with Crippen molar-refractivity contribution in [2.75, 3.05) is 28.4 Å². The zero-order valence-electron chi connectivity index (χ0n) is 63.2. The van der Waals surface area contributed by atoms with Gasteiger partial charge in [-0.25, -0.2) is 22.5 Å². The van der Waals surface area contributed by atoms with Crippen LogP contribution in [0.15, 0.2) is 121 Å². The van der Waals surface area contributed by atoms with Crippen LogP contribution < -0.4 is 18.9 Å². The number of thiophene rings is 2. The lowest BCUT2D eigenvalue weighted by Crippen LogP contribution is -2.16. The predicted octanol–water partition coefficient (Wildman–Crippen LogP) is 26.8. The van der Waals surface area contributed by atoms with E-state index in [0.717, 1.165) is 57.5 Å². The minimum Gasteiger partial charge on any atom is -0.496 e. The summed E-state index contributed by atoms with van der Waals surface area (Å²) in [6.45, 7) is 44.5. The molecule has 0 N–H and O–H groups in total. The summed E-state index contributed by atoms with van der Waals surface area (Å²) in [4.78, 5) is 7.10. The van der Waals surface area contributed by atoms with Crippen molar-refractivity contribution in [2.24, 2.45) is 0 Å². The summed E-state index contributed by atoms with van der Waals surface area (Å²) in [5.74, 6) is 1.78. The number of methoxy groups -OCH3 is 4. The Bertz CT molecular complexity index is 4540. The number of rotatable bonds is 11. The molecule has 0 saturated heterocycles. The average molecular weight is 1400 g/mol. The van der Waals surface area contributed by atoms with Crippen molar-refractivity contribution < 1.29 is 36.5 Å². The fourth-order valence-corrected chi connectivity index (χ4v) is 16.0. The maximum Gasteiger partial charge on any atom is 0.130 e. The number of fused-ring (bicyclic) bond motifs is 3. The molecule has 3 aromatic heterocycles. The summed E-state index contributed by atoms with van der Waals surface area (Å²) < 4.78 is 82.6. The molecule has 1 aliphatic rings. The fraction of sp³-hybridized carbons (Fsp3) is 0.414. The first-order valence-corrected chi connectivity index (χ1v) is 36.6. The lowest BCUT2D eigenvalue weighted by Gasteiger charge is -2.28. The molecule has 0 fully saturated rings. The number of aromatic nitrogens is 1. The van der Waals surface area contributed by atoms with Gasteiger partial charge in [-0.3, -0.25) is 0 Å². The summed E-state index contributed by atoms with van der Waals surface area (Å²) in [7, 11) is 6.39. The third kappa shape index (κ3) is 17.1. The molecule has 3 heterocycles. The number of ether oxygens (including phenoxy) is 4. The number of benzene rings is 7. The summed E-state index contributed by atoms with van der Waals surface area (Å²) in [5, 5.41) is 2.85. The highest BCUT2D eigenvalue weighted by molar-refractivity contribution is 7.20. The topological polar surface area (TPSA) is 49.8 Å². The molecule has 0 amide bonds. The Labute approximate surface area is 601 Å². The molecule has 0 radical (unpaired) electrons. The lowest BCUT2D eigenvalue weighted by molar-refractivity contribution is 0.410. The van der Waals surface area contributed by atoms with Gasteiger partial charge in [0.05, 0.1) is 34.1 Å². The number of hydrogen-bond acceptors (Lipinski definition) is 7. The molecule has 12 heteroatoms. The average Bonchev–Trinajstić information content (AvgIpc) is 1.72. The van der Waals surface area contributed by atoms with Crippen LogP contribution in [0.4, 0.5) is 17.6 Å². The quantitative estimate of drug-likeness (QED) is 0.0954. The molecule has 0 bridgehead atoms. The van der Waals surface area contributed by atoms with E-state index in [1.165, 1.54) is 87.9 Å². The molecule has 0 atom stereocenters. The zero-order chi connectivity index (χ0) is 73.3. The molecule has 0 aliphatic heterocycles. The van der Waals surface area contributed by atoms with Gasteiger partial charge in [0, 0.05) is 98.6 Å². The van der Waals surface area contributed by atoms with Crippen LogP contribution in [-0.2, 0) is 39.9 Å². The van der Waals surface area contributed by atoms with Crippen molar-refractivity contribution >= 4 is 54.4 Å². The standard InChI is InChI=1S/C23H27FOS.C23H29FO.C22H25FOS.C19H23ClFNO/c1-22(2,3)16-12-15(18(25-7)13-17(16)24)20-14-10-8-9-11-19(14)26-21(20)23(4,5)6;1-14(2)18-12-19(21(25-6)13-20(18)24)17-11-10-15-8-7-9-16(15)22(17)23(3,4)5;1-13(2)15-11-16(18(24-6)12-17(15)23)20-14-9-7-8-10-19(14)25-21(20)22(3,4)5;1-11(2)13-9-14(16(23-6)10-15(13)21)12-7-8-17(20)22-18(12)19(3,4)5/h8-13H,1-7H3;10-14H,7-9H2,1-6H3;7-13H,1-6H3;7-11H,1-6H3. The molecular formula is C87H104ClF4NO4S2. The van der Waals surface area contributed by atoms with Gasteiger partial charge in [-0.1, -0.05) is 206 Å². The van der Waals surface area contributed by atoms with E-state index in [2.05, 4.69) is 149 Å². The van der Waals surface area contributed by atoms with E-state index in [1.54, 1.807) is 40.6 Å². The summed E-state index contributed by atoms with van der Waals surface area (Å²) in [6, 6.07) is 38.9. The van der Waals surface area contributed by atoms with Crippen LogP contribution in [0, 0.1) is 23.3 Å². The Morgan fingerprint density at radius 2 is 0.788 bits per heavy atom. The van der Waals surface area contributed by atoms with E-state index in [-0.39, 0.29) is 68.1 Å². The SMILES string of the molecule is COc1cc(F)c(C(C)(C)C)cc1-c1c(C(C)(C)C)sc2ccccc12.COc1cc(F)c(C(C)C)cc1-c1c(C(C)(C)C)sc2ccccc12.COc1cc(F)c(C(C)C)cc1-c1ccc(Cl)nc1C(C)(C)C.COc1cc(F)c(C(C)C)cc1-c1ccc2c(c1C(C)(C)C)CCC2. The first-order valence-electron chi connectivity index (χ1n) is 34.5. The van der Waals surface area contributed by atoms with E-state index in [4.69, 9.17) is 30.5 Å². The number of nitrogens with zero attached hydrogens (tertiary/aromatic N) is 1. The van der Waals surface area contributed by atoms with Gasteiger partial charge in [-0.2, -0.15) is 0 Å². The van der Waals surface area contributed by atoms with E-state index in [1.807, 2.05) is 115 Å². The van der Waals surface area contributed by atoms with Crippen LogP contribution in [-0.4, -0.2) is 33.4 Å². The van der Waals surface area contributed by atoms with Crippen LogP contribution in [0.3, 0.4) is 0 Å². The first-order chi connectivity index (χ1) is 46.2. The highest BCUT2D eigenvalue weighted by atomic mass is 35.5. The van der Waals surface area contributed by atoms with E-state index < -0.39 is 0 Å². The molecule has 0 unspecified atom stereocenters. The molecule has 1 aliphatic carbocycles. The van der Waals surface area contributed by atoms with Gasteiger partial charge in [-0.15, -0.1) is 22.7 Å². The lowest BCUT2D eigenvalue weighted by atomic mass is 9.77. The minimum absolute atomic E-state index is 0.00356. The van der Waals surface area contributed by atoms with Gasteiger partial charge >= 0.3 is 0 Å². The number of aryl methyl sites for hydroxylation is 1. The highest BCUT2D eigenvalue weighted by Gasteiger charge is 2.33. The van der Waals surface area contributed by atoms with E-state index in [9.17, 15) is 17.6 Å². The Balaban J connectivity index is 0.000000168. The van der Waals surface area contributed by atoms with E-state index >= 15 is 0 Å². The monoisotopic (exact) mass is 1400 g/mol. The smallest absolute Gasteiger partial charge is 0.130 e. The molecule has 7 aromatic carbocycles. The van der Waals surface area contributed by atoms with Crippen molar-refractivity contribution in [3.8, 4) is 67.5 Å². The molecule has 5 nitrogen and oxygen atoms in total. The van der Waals surface area contributed by atoms with Gasteiger partial charge in [-0.05, 0) is 152 Å². The second-order valence-corrected chi connectivity index (χ2v) is 34.6. The summed E-state index contributed by atoms with van der Waals surface area (Å²) in [5.41, 5.74) is 15.8. The molecule has 11 rings (SSSR count). The highest BCUT2D eigenvalue weighted by Crippen LogP contribution is 2.52. The number of halogens is 5. The molecule has 0 saturated carbocycles. The minimum atomic E-state index is -0.279. The van der Waals surface area contributed by atoms with Gasteiger partial charge < -0.3 is 18.9 Å². The number of hydrogen-bond donors (Lipinski definition) is 0. The summed E-state index contributed by atoms with van der Waals surface area (Å²) in [6.07, 6.45) is 3.52. The van der Waals surface area contributed by atoms with Crippen molar-refractivity contribution in [1.29, 1.82) is 0 Å². The molecular weight excluding hydrogens is 1300 g/mol. The molecule has 10 aromatic rings. The second-order valence-electron chi connectivity index (χ2n) is 32.1. The van der Waals surface area contributed by atoms with Crippen molar-refractivity contribution in [3.05, 3.63) is 204 Å². The molecule has 0 spiro atoms. The Morgan fingerprint density at radius 1 is 0.404 bits per heavy atom. The van der Waals surface area contributed by atoms with Crippen LogP contribution in [0.2, 0.25) is 5.15 Å². The van der Waals surface area contributed by atoms with Gasteiger partial charge in [0.1, 0.15) is 51.4 Å². The summed E-state index contributed by atoms with van der Waals surface area (Å²) >= 11 is 9.72. The number of pyridine rings is 1. The van der Waals surface area contributed by atoms with Crippen LogP contribution in [0.25, 0.3) is 64.7 Å². The first kappa shape index (κ1) is 77.6. The molecule has 528 valence electrons.